The van der Waals surface area contributed by atoms with Crippen molar-refractivity contribution in [2.75, 3.05) is 21.3 Å². The number of thioether (sulfide) groups is 1. The van der Waals surface area contributed by atoms with E-state index in [0.29, 0.717) is 5.69 Å². The van der Waals surface area contributed by atoms with Crippen molar-refractivity contribution in [2.45, 2.75) is 20.0 Å². The van der Waals surface area contributed by atoms with Crippen molar-refractivity contribution in [1.82, 2.24) is 4.98 Å². The maximum atomic E-state index is 13.1. The van der Waals surface area contributed by atoms with Crippen LogP contribution in [0.2, 0.25) is 0 Å². The first-order chi connectivity index (χ1) is 17.7. The highest BCUT2D eigenvalue weighted by molar-refractivity contribution is 8.03. The summed E-state index contributed by atoms with van der Waals surface area (Å²) in [5.74, 6) is 0.255. The number of aromatic nitrogens is 1. The minimum atomic E-state index is -4.52. The molecule has 188 valence electrons. The lowest BCUT2D eigenvalue weighted by Gasteiger charge is -2.27. The number of anilines is 3. The number of carbonyl (C=O) groups excluding carboxylic acids is 1. The van der Waals surface area contributed by atoms with E-state index in [4.69, 9.17) is 0 Å². The molecule has 0 spiro atoms. The van der Waals surface area contributed by atoms with Gasteiger partial charge in [0.2, 0.25) is 0 Å². The van der Waals surface area contributed by atoms with E-state index >= 15 is 0 Å². The van der Waals surface area contributed by atoms with E-state index in [0.717, 1.165) is 56.7 Å². The van der Waals surface area contributed by atoms with E-state index < -0.39 is 17.6 Å². The summed E-state index contributed by atoms with van der Waals surface area (Å²) in [6, 6.07) is 13.7. The molecule has 9 heteroatoms. The number of rotatable bonds is 5. The summed E-state index contributed by atoms with van der Waals surface area (Å²) in [6.45, 7) is 3.90. The standard InChI is InChI=1S/C28H23F3N4OS/c1-17-6-8-21(34-27(36)19-4-3-5-20(12-19)28(29,30)31)13-25(17)35-15-24(23-10-11-37-26(23)16-35)33-22-9-7-18(2)32-14-22/h3-10,12-16,33H,11H2,1-2H3,(H,34,36). The number of hydrogen-bond acceptors (Lipinski definition) is 5. The van der Waals surface area contributed by atoms with Gasteiger partial charge in [-0.2, -0.15) is 13.2 Å². The molecule has 1 aromatic heterocycles. The van der Waals surface area contributed by atoms with Gasteiger partial charge in [-0.3, -0.25) is 9.78 Å². The Morgan fingerprint density at radius 1 is 1.03 bits per heavy atom. The number of carbonyl (C=O) groups is 1. The summed E-state index contributed by atoms with van der Waals surface area (Å²) >= 11 is 1.73. The number of allylic oxidation sites excluding steroid dienone is 1. The monoisotopic (exact) mass is 520 g/mol. The van der Waals surface area contributed by atoms with E-state index in [1.54, 1.807) is 24.0 Å². The van der Waals surface area contributed by atoms with Gasteiger partial charge in [-0.25, -0.2) is 0 Å². The van der Waals surface area contributed by atoms with Gasteiger partial charge < -0.3 is 15.5 Å². The third-order valence-corrected chi connectivity index (χ3v) is 6.96. The zero-order valence-electron chi connectivity index (χ0n) is 20.1. The van der Waals surface area contributed by atoms with Crippen molar-refractivity contribution >= 4 is 34.7 Å². The molecule has 0 fully saturated rings. The first-order valence-electron chi connectivity index (χ1n) is 11.5. The molecular formula is C28H23F3N4OS. The van der Waals surface area contributed by atoms with Crippen LogP contribution < -0.4 is 15.5 Å². The second kappa shape index (κ2) is 9.82. The molecule has 0 aliphatic carbocycles. The number of pyridine rings is 1. The number of halogens is 3. The van der Waals surface area contributed by atoms with Gasteiger partial charge in [0.05, 0.1) is 28.8 Å². The Bertz CT molecular complexity index is 1460. The second-order valence-corrected chi connectivity index (χ2v) is 9.78. The van der Waals surface area contributed by atoms with Crippen LogP contribution in [0.1, 0.15) is 27.2 Å². The van der Waals surface area contributed by atoms with Gasteiger partial charge >= 0.3 is 6.18 Å². The van der Waals surface area contributed by atoms with Crippen LogP contribution in [0.4, 0.5) is 30.2 Å². The van der Waals surface area contributed by atoms with Crippen LogP contribution in [-0.2, 0) is 6.18 Å². The molecule has 3 heterocycles. The Morgan fingerprint density at radius 2 is 1.84 bits per heavy atom. The molecule has 5 rings (SSSR count). The fraction of sp³-hybridized carbons (Fsp3) is 0.143. The SMILES string of the molecule is Cc1ccc(NC2=CN(c3cc(NC(=O)c4cccc(C(F)(F)F)c4)ccc3C)C=C3SCC=C23)cn1. The van der Waals surface area contributed by atoms with E-state index in [-0.39, 0.29) is 5.56 Å². The zero-order valence-corrected chi connectivity index (χ0v) is 20.9. The largest absolute Gasteiger partial charge is 0.416 e. The Hall–Kier alpha value is -3.98. The number of alkyl halides is 3. The molecule has 2 aromatic carbocycles. The van der Waals surface area contributed by atoms with Gasteiger partial charge in [-0.1, -0.05) is 18.2 Å². The number of fused-ring (bicyclic) bond motifs is 1. The minimum absolute atomic E-state index is 0.0627. The van der Waals surface area contributed by atoms with Gasteiger partial charge in [0, 0.05) is 45.6 Å². The molecule has 2 N–H and O–H groups in total. The lowest BCUT2D eigenvalue weighted by Crippen LogP contribution is -2.19. The van der Waals surface area contributed by atoms with Crippen LogP contribution >= 0.6 is 11.8 Å². The van der Waals surface area contributed by atoms with Gasteiger partial charge in [0.1, 0.15) is 0 Å². The summed E-state index contributed by atoms with van der Waals surface area (Å²) < 4.78 is 39.2. The van der Waals surface area contributed by atoms with Crippen molar-refractivity contribution < 1.29 is 18.0 Å². The maximum Gasteiger partial charge on any atom is 0.416 e. The average Bonchev–Trinajstić information content (AvgIpc) is 3.35. The number of nitrogens with zero attached hydrogens (tertiary/aromatic N) is 2. The van der Waals surface area contributed by atoms with Crippen LogP contribution in [0.5, 0.6) is 0 Å². The molecule has 2 aliphatic heterocycles. The summed E-state index contributed by atoms with van der Waals surface area (Å²) in [5.41, 5.74) is 5.20. The molecule has 0 atom stereocenters. The van der Waals surface area contributed by atoms with Crippen molar-refractivity contribution in [3.8, 4) is 0 Å². The Balaban J connectivity index is 1.42. The van der Waals surface area contributed by atoms with Crippen LogP contribution in [0.25, 0.3) is 0 Å². The summed E-state index contributed by atoms with van der Waals surface area (Å²) in [6.07, 6.45) is 3.47. The van der Waals surface area contributed by atoms with Gasteiger partial charge in [-0.05, 0) is 61.9 Å². The molecule has 3 aromatic rings. The van der Waals surface area contributed by atoms with Gasteiger partial charge in [-0.15, -0.1) is 11.8 Å². The van der Waals surface area contributed by atoms with E-state index in [2.05, 4.69) is 21.7 Å². The Labute approximate surface area is 216 Å². The summed E-state index contributed by atoms with van der Waals surface area (Å²) in [4.78, 5) is 20.2. The highest BCUT2D eigenvalue weighted by atomic mass is 32.2. The first-order valence-corrected chi connectivity index (χ1v) is 12.5. The minimum Gasteiger partial charge on any atom is -0.353 e. The third kappa shape index (κ3) is 5.41. The molecule has 5 nitrogen and oxygen atoms in total. The molecule has 0 unspecified atom stereocenters. The van der Waals surface area contributed by atoms with E-state index in [1.807, 2.05) is 55.4 Å². The lowest BCUT2D eigenvalue weighted by molar-refractivity contribution is -0.137. The van der Waals surface area contributed by atoms with E-state index in [9.17, 15) is 18.0 Å². The van der Waals surface area contributed by atoms with Gasteiger partial charge in [0.25, 0.3) is 5.91 Å². The molecule has 2 aliphatic rings. The van der Waals surface area contributed by atoms with Crippen molar-refractivity contribution in [3.63, 3.8) is 0 Å². The molecule has 0 bridgehead atoms. The smallest absolute Gasteiger partial charge is 0.353 e. The molecule has 0 radical (unpaired) electrons. The second-order valence-electron chi connectivity index (χ2n) is 8.72. The van der Waals surface area contributed by atoms with Crippen molar-refractivity contribution in [2.24, 2.45) is 0 Å². The van der Waals surface area contributed by atoms with Crippen LogP contribution in [0.15, 0.2) is 95.4 Å². The molecule has 37 heavy (non-hydrogen) atoms. The highest BCUT2D eigenvalue weighted by Gasteiger charge is 2.31. The van der Waals surface area contributed by atoms with Crippen LogP contribution in [-0.4, -0.2) is 16.6 Å². The molecule has 1 amide bonds. The zero-order chi connectivity index (χ0) is 26.2. The third-order valence-electron chi connectivity index (χ3n) is 5.99. The maximum absolute atomic E-state index is 13.1. The quantitative estimate of drug-likeness (QED) is 0.371. The van der Waals surface area contributed by atoms with Crippen molar-refractivity contribution in [1.29, 1.82) is 0 Å². The molecular weight excluding hydrogens is 497 g/mol. The number of hydrogen-bond donors (Lipinski definition) is 2. The number of nitrogens with one attached hydrogen (secondary N) is 2. The average molecular weight is 521 g/mol. The molecule has 0 saturated carbocycles. The fourth-order valence-corrected chi connectivity index (χ4v) is 5.02. The van der Waals surface area contributed by atoms with Crippen LogP contribution in [0, 0.1) is 13.8 Å². The predicted octanol–water partition coefficient (Wildman–Crippen LogP) is 7.26. The lowest BCUT2D eigenvalue weighted by atomic mass is 10.1. The Kier molecular flexibility index (Phi) is 6.55. The first kappa shape index (κ1) is 24.7. The van der Waals surface area contributed by atoms with E-state index in [1.165, 1.54) is 12.1 Å². The summed E-state index contributed by atoms with van der Waals surface area (Å²) in [7, 11) is 0. The topological polar surface area (TPSA) is 57.3 Å². The predicted molar refractivity (Wildman–Crippen MR) is 142 cm³/mol. The van der Waals surface area contributed by atoms with Crippen LogP contribution in [0.3, 0.4) is 0 Å². The number of amides is 1. The fourth-order valence-electron chi connectivity index (χ4n) is 4.06. The molecule has 0 saturated heterocycles. The normalized spacial score (nSPS) is 14.9. The van der Waals surface area contributed by atoms with Gasteiger partial charge in [0.15, 0.2) is 0 Å². The Morgan fingerprint density at radius 3 is 2.59 bits per heavy atom. The number of benzene rings is 2. The highest BCUT2D eigenvalue weighted by Crippen LogP contribution is 2.41. The number of aryl methyl sites for hydroxylation is 2. The summed E-state index contributed by atoms with van der Waals surface area (Å²) in [5, 5.41) is 6.19. The van der Waals surface area contributed by atoms with Crippen molar-refractivity contribution in [3.05, 3.63) is 118 Å².